The van der Waals surface area contributed by atoms with Crippen LogP contribution in [0.4, 0.5) is 5.69 Å². The third-order valence-corrected chi connectivity index (χ3v) is 4.81. The summed E-state index contributed by atoms with van der Waals surface area (Å²) >= 11 is 0. The zero-order valence-electron chi connectivity index (χ0n) is 15.0. The zero-order valence-corrected chi connectivity index (χ0v) is 15.0. The second kappa shape index (κ2) is 8.83. The summed E-state index contributed by atoms with van der Waals surface area (Å²) < 4.78 is 5.09. The molecule has 2 rings (SSSR count). The molecule has 0 saturated carbocycles. The van der Waals surface area contributed by atoms with Gasteiger partial charge < -0.3 is 15.0 Å². The fourth-order valence-electron chi connectivity index (χ4n) is 3.10. The topological polar surface area (TPSA) is 59.8 Å². The van der Waals surface area contributed by atoms with Crippen LogP contribution in [0.5, 0.6) is 0 Å². The Balaban J connectivity index is 1.71. The van der Waals surface area contributed by atoms with Gasteiger partial charge in [-0.05, 0) is 44.0 Å². The van der Waals surface area contributed by atoms with Gasteiger partial charge in [0.25, 0.3) is 0 Å². The number of ether oxygens (including phenoxy) is 1. The number of esters is 1. The third kappa shape index (κ3) is 5.34. The molecule has 0 radical (unpaired) electrons. The number of carbonyl (C=O) groups excluding carboxylic acids is 2. The summed E-state index contributed by atoms with van der Waals surface area (Å²) in [7, 11) is 0. The van der Waals surface area contributed by atoms with Crippen molar-refractivity contribution in [3.8, 4) is 0 Å². The Labute approximate surface area is 144 Å². The highest BCUT2D eigenvalue weighted by Crippen LogP contribution is 2.14. The molecule has 1 aliphatic heterocycles. The Kier molecular flexibility index (Phi) is 6.79. The number of amides is 1. The van der Waals surface area contributed by atoms with E-state index < -0.39 is 0 Å². The first-order valence-corrected chi connectivity index (χ1v) is 8.87. The number of nitrogens with one attached hydrogen (secondary N) is 2. The summed E-state index contributed by atoms with van der Waals surface area (Å²) in [6, 6.07) is 5.97. The van der Waals surface area contributed by atoms with Crippen molar-refractivity contribution in [2.45, 2.75) is 40.0 Å². The lowest BCUT2D eigenvalue weighted by molar-refractivity contribution is -0.905. The number of hydrogen-bond acceptors (Lipinski definition) is 3. The van der Waals surface area contributed by atoms with Gasteiger partial charge in [-0.3, -0.25) is 9.59 Å². The smallest absolute Gasteiger partial charge is 0.309 e. The Morgan fingerprint density at radius 3 is 2.54 bits per heavy atom. The van der Waals surface area contributed by atoms with Crippen molar-refractivity contribution in [1.29, 1.82) is 0 Å². The standard InChI is InChI=1S/C19H28N2O3/c1-4-24-19(23)16-7-10-21(11-8-16)12-9-18(22)20-17-6-5-14(2)15(3)13-17/h5-6,13,16H,4,7-12H2,1-3H3,(H,20,22)/p+1. The summed E-state index contributed by atoms with van der Waals surface area (Å²) in [6.07, 6.45) is 2.21. The maximum atomic E-state index is 12.1. The molecule has 0 aliphatic carbocycles. The van der Waals surface area contributed by atoms with Crippen molar-refractivity contribution in [3.63, 3.8) is 0 Å². The van der Waals surface area contributed by atoms with Gasteiger partial charge in [0.1, 0.15) is 0 Å². The van der Waals surface area contributed by atoms with Crippen LogP contribution in [-0.4, -0.2) is 38.1 Å². The molecular weight excluding hydrogens is 304 g/mol. The minimum absolute atomic E-state index is 0.0399. The molecule has 0 atom stereocenters. The number of benzene rings is 1. The van der Waals surface area contributed by atoms with E-state index >= 15 is 0 Å². The quantitative estimate of drug-likeness (QED) is 0.776. The van der Waals surface area contributed by atoms with Gasteiger partial charge in [-0.2, -0.15) is 0 Å². The first-order chi connectivity index (χ1) is 11.5. The van der Waals surface area contributed by atoms with Crippen molar-refractivity contribution < 1.29 is 19.2 Å². The number of hydrogen-bond donors (Lipinski definition) is 2. The number of piperidine rings is 1. The first kappa shape index (κ1) is 18.5. The third-order valence-electron chi connectivity index (χ3n) is 4.81. The molecule has 5 heteroatoms. The molecule has 2 N–H and O–H groups in total. The number of carbonyl (C=O) groups is 2. The van der Waals surface area contributed by atoms with E-state index in [9.17, 15) is 9.59 Å². The lowest BCUT2D eigenvalue weighted by Crippen LogP contribution is -3.13. The zero-order chi connectivity index (χ0) is 17.5. The second-order valence-corrected chi connectivity index (χ2v) is 6.62. The normalized spacial score (nSPS) is 20.5. The van der Waals surface area contributed by atoms with Gasteiger partial charge in [0.05, 0.1) is 38.6 Å². The van der Waals surface area contributed by atoms with Gasteiger partial charge in [-0.25, -0.2) is 0 Å². The number of likely N-dealkylation sites (tertiary alicyclic amines) is 1. The van der Waals surface area contributed by atoms with Gasteiger partial charge in [0, 0.05) is 18.5 Å². The fraction of sp³-hybridized carbons (Fsp3) is 0.579. The highest BCUT2D eigenvalue weighted by molar-refractivity contribution is 5.90. The molecule has 1 aromatic rings. The van der Waals surface area contributed by atoms with E-state index in [1.807, 2.05) is 32.0 Å². The molecule has 0 unspecified atom stereocenters. The minimum atomic E-state index is -0.0657. The molecule has 1 aliphatic rings. The van der Waals surface area contributed by atoms with Crippen LogP contribution >= 0.6 is 0 Å². The number of rotatable bonds is 6. The predicted octanol–water partition coefficient (Wildman–Crippen LogP) is 1.49. The summed E-state index contributed by atoms with van der Waals surface area (Å²) in [5.74, 6) is 0.0281. The lowest BCUT2D eigenvalue weighted by Gasteiger charge is -2.27. The predicted molar refractivity (Wildman–Crippen MR) is 94.1 cm³/mol. The summed E-state index contributed by atoms with van der Waals surface area (Å²) in [5, 5.41) is 2.97. The van der Waals surface area contributed by atoms with Crippen molar-refractivity contribution in [2.24, 2.45) is 5.92 Å². The Morgan fingerprint density at radius 2 is 1.92 bits per heavy atom. The number of quaternary nitrogens is 1. The van der Waals surface area contributed by atoms with Crippen molar-refractivity contribution in [1.82, 2.24) is 0 Å². The monoisotopic (exact) mass is 333 g/mol. The Bertz CT molecular complexity index is 578. The second-order valence-electron chi connectivity index (χ2n) is 6.62. The Hall–Kier alpha value is -1.88. The molecule has 132 valence electrons. The first-order valence-electron chi connectivity index (χ1n) is 8.87. The fourth-order valence-corrected chi connectivity index (χ4v) is 3.10. The average Bonchev–Trinajstić information content (AvgIpc) is 2.57. The number of aryl methyl sites for hydroxylation is 2. The molecule has 1 heterocycles. The molecule has 0 spiro atoms. The van der Waals surface area contributed by atoms with Gasteiger partial charge >= 0.3 is 5.97 Å². The molecule has 5 nitrogen and oxygen atoms in total. The van der Waals surface area contributed by atoms with E-state index in [4.69, 9.17) is 4.74 Å². The van der Waals surface area contributed by atoms with E-state index in [0.29, 0.717) is 13.0 Å². The largest absolute Gasteiger partial charge is 0.466 e. The summed E-state index contributed by atoms with van der Waals surface area (Å²) in [5.41, 5.74) is 3.26. The van der Waals surface area contributed by atoms with Crippen LogP contribution in [0.25, 0.3) is 0 Å². The van der Waals surface area contributed by atoms with E-state index in [2.05, 4.69) is 12.2 Å². The summed E-state index contributed by atoms with van der Waals surface area (Å²) in [6.45, 7) is 9.07. The average molecular weight is 333 g/mol. The van der Waals surface area contributed by atoms with Crippen LogP contribution < -0.4 is 10.2 Å². The van der Waals surface area contributed by atoms with Gasteiger partial charge in [-0.1, -0.05) is 6.07 Å². The van der Waals surface area contributed by atoms with Gasteiger partial charge in [-0.15, -0.1) is 0 Å². The van der Waals surface area contributed by atoms with E-state index in [1.54, 1.807) is 0 Å². The van der Waals surface area contributed by atoms with Crippen molar-refractivity contribution >= 4 is 17.6 Å². The Morgan fingerprint density at radius 1 is 1.21 bits per heavy atom. The van der Waals surface area contributed by atoms with Crippen molar-refractivity contribution in [3.05, 3.63) is 29.3 Å². The molecular formula is C19H29N2O3+. The lowest BCUT2D eigenvalue weighted by atomic mass is 9.97. The molecule has 0 aromatic heterocycles. The van der Waals surface area contributed by atoms with Crippen LogP contribution in [-0.2, 0) is 14.3 Å². The maximum Gasteiger partial charge on any atom is 0.309 e. The van der Waals surface area contributed by atoms with Gasteiger partial charge in [0.15, 0.2) is 0 Å². The molecule has 24 heavy (non-hydrogen) atoms. The molecule has 1 aromatic carbocycles. The van der Waals surface area contributed by atoms with Crippen LogP contribution in [0.1, 0.15) is 37.3 Å². The molecule has 1 fully saturated rings. The van der Waals surface area contributed by atoms with Crippen LogP contribution in [0.2, 0.25) is 0 Å². The SMILES string of the molecule is CCOC(=O)C1CC[NH+](CCC(=O)Nc2ccc(C)c(C)c2)CC1. The highest BCUT2D eigenvalue weighted by atomic mass is 16.5. The molecule has 1 saturated heterocycles. The molecule has 1 amide bonds. The number of anilines is 1. The van der Waals surface area contributed by atoms with E-state index in [-0.39, 0.29) is 17.8 Å². The van der Waals surface area contributed by atoms with Crippen LogP contribution in [0.3, 0.4) is 0 Å². The molecule has 0 bridgehead atoms. The minimum Gasteiger partial charge on any atom is -0.466 e. The van der Waals surface area contributed by atoms with Crippen LogP contribution in [0, 0.1) is 19.8 Å². The highest BCUT2D eigenvalue weighted by Gasteiger charge is 2.28. The summed E-state index contributed by atoms with van der Waals surface area (Å²) in [4.78, 5) is 25.2. The van der Waals surface area contributed by atoms with E-state index in [1.165, 1.54) is 16.0 Å². The maximum absolute atomic E-state index is 12.1. The van der Waals surface area contributed by atoms with Gasteiger partial charge in [0.2, 0.25) is 5.91 Å². The van der Waals surface area contributed by atoms with Crippen LogP contribution in [0.15, 0.2) is 18.2 Å². The van der Waals surface area contributed by atoms with E-state index in [0.717, 1.165) is 38.2 Å². The van der Waals surface area contributed by atoms with Crippen molar-refractivity contribution in [2.75, 3.05) is 31.6 Å².